The first-order chi connectivity index (χ1) is 6.93. The lowest BCUT2D eigenvalue weighted by molar-refractivity contribution is 0.445. The minimum absolute atomic E-state index is 0.183. The Labute approximate surface area is 82.1 Å². The minimum atomic E-state index is 0.183. The van der Waals surface area contributed by atoms with Gasteiger partial charge in [0.05, 0.1) is 0 Å². The summed E-state index contributed by atoms with van der Waals surface area (Å²) in [6.45, 7) is 2.00. The van der Waals surface area contributed by atoms with Gasteiger partial charge < -0.3 is 4.42 Å². The van der Waals surface area contributed by atoms with E-state index in [9.17, 15) is 0 Å². The fourth-order valence-corrected chi connectivity index (χ4v) is 1.85. The Balaban J connectivity index is 2.05. The van der Waals surface area contributed by atoms with Crippen LogP contribution in [0.15, 0.2) is 34.7 Å². The minimum Gasteiger partial charge on any atom is -0.458 e. The maximum absolute atomic E-state index is 5.73. The average Bonchev–Trinajstić information content (AvgIpc) is 2.86. The molecular weight excluding hydrogens is 176 g/mol. The predicted molar refractivity (Wildman–Crippen MR) is 55.0 cm³/mol. The van der Waals surface area contributed by atoms with Crippen LogP contribution in [0.4, 0.5) is 0 Å². The first-order valence-corrected chi connectivity index (χ1v) is 4.89. The molecule has 1 aliphatic heterocycles. The van der Waals surface area contributed by atoms with Gasteiger partial charge in [0.25, 0.3) is 0 Å². The zero-order valence-corrected chi connectivity index (χ0v) is 7.79. The highest BCUT2D eigenvalue weighted by Gasteiger charge is 2.18. The van der Waals surface area contributed by atoms with E-state index >= 15 is 0 Å². The first kappa shape index (κ1) is 8.03. The largest absolute Gasteiger partial charge is 0.458 e. The van der Waals surface area contributed by atoms with E-state index in [1.165, 1.54) is 0 Å². The SMILES string of the molecule is c1ccc2oc(C3NCCN3)cc2c1. The number of nitrogens with one attached hydrogen (secondary N) is 2. The normalized spacial score (nSPS) is 18.0. The fourth-order valence-electron chi connectivity index (χ4n) is 1.85. The van der Waals surface area contributed by atoms with Crippen molar-refractivity contribution in [1.82, 2.24) is 10.6 Å². The summed E-state index contributed by atoms with van der Waals surface area (Å²) in [6, 6.07) is 10.2. The smallest absolute Gasteiger partial charge is 0.136 e. The fraction of sp³-hybridized carbons (Fsp3) is 0.273. The first-order valence-electron chi connectivity index (χ1n) is 4.89. The monoisotopic (exact) mass is 188 g/mol. The summed E-state index contributed by atoms with van der Waals surface area (Å²) in [5.74, 6) is 0.976. The average molecular weight is 188 g/mol. The van der Waals surface area contributed by atoms with Gasteiger partial charge in [-0.2, -0.15) is 0 Å². The molecule has 0 spiro atoms. The van der Waals surface area contributed by atoms with Crippen molar-refractivity contribution in [2.45, 2.75) is 6.17 Å². The zero-order chi connectivity index (χ0) is 9.38. The lowest BCUT2D eigenvalue weighted by atomic mass is 10.2. The van der Waals surface area contributed by atoms with Gasteiger partial charge in [-0.1, -0.05) is 18.2 Å². The molecule has 3 rings (SSSR count). The van der Waals surface area contributed by atoms with E-state index in [2.05, 4.69) is 22.8 Å². The van der Waals surface area contributed by atoms with E-state index < -0.39 is 0 Å². The Hall–Kier alpha value is -1.32. The highest BCUT2D eigenvalue weighted by Crippen LogP contribution is 2.23. The number of furan rings is 1. The van der Waals surface area contributed by atoms with Crippen LogP contribution in [0.3, 0.4) is 0 Å². The molecule has 0 atom stereocenters. The van der Waals surface area contributed by atoms with E-state index in [-0.39, 0.29) is 6.17 Å². The summed E-state index contributed by atoms with van der Waals surface area (Å²) < 4.78 is 5.73. The van der Waals surface area contributed by atoms with Gasteiger partial charge in [0, 0.05) is 18.5 Å². The summed E-state index contributed by atoms with van der Waals surface area (Å²) in [5.41, 5.74) is 0.956. The van der Waals surface area contributed by atoms with E-state index in [1.54, 1.807) is 0 Å². The van der Waals surface area contributed by atoms with Gasteiger partial charge >= 0.3 is 0 Å². The molecular formula is C11H12N2O. The maximum atomic E-state index is 5.73. The molecule has 0 unspecified atom stereocenters. The molecule has 14 heavy (non-hydrogen) atoms. The molecule has 2 aromatic rings. The molecule has 1 aliphatic rings. The third-order valence-electron chi connectivity index (χ3n) is 2.55. The molecule has 0 bridgehead atoms. The Kier molecular flexibility index (Phi) is 1.79. The Morgan fingerprint density at radius 1 is 1.14 bits per heavy atom. The summed E-state index contributed by atoms with van der Waals surface area (Å²) >= 11 is 0. The van der Waals surface area contributed by atoms with Crippen LogP contribution in [-0.2, 0) is 0 Å². The van der Waals surface area contributed by atoms with E-state index in [4.69, 9.17) is 4.42 Å². The Morgan fingerprint density at radius 3 is 2.71 bits per heavy atom. The van der Waals surface area contributed by atoms with Crippen LogP contribution < -0.4 is 10.6 Å². The molecule has 3 nitrogen and oxygen atoms in total. The molecule has 72 valence electrons. The van der Waals surface area contributed by atoms with Crippen LogP contribution in [-0.4, -0.2) is 13.1 Å². The standard InChI is InChI=1S/C11H12N2O/c1-2-4-9-8(3-1)7-10(14-9)11-12-5-6-13-11/h1-4,7,11-13H,5-6H2. The lowest BCUT2D eigenvalue weighted by Crippen LogP contribution is -2.20. The van der Waals surface area contributed by atoms with Crippen LogP contribution >= 0.6 is 0 Å². The van der Waals surface area contributed by atoms with Gasteiger partial charge in [0.15, 0.2) is 0 Å². The number of fused-ring (bicyclic) bond motifs is 1. The van der Waals surface area contributed by atoms with Crippen LogP contribution in [0.2, 0.25) is 0 Å². The van der Waals surface area contributed by atoms with Gasteiger partial charge in [-0.15, -0.1) is 0 Å². The van der Waals surface area contributed by atoms with Crippen molar-refractivity contribution in [2.75, 3.05) is 13.1 Å². The van der Waals surface area contributed by atoms with Gasteiger partial charge in [-0.25, -0.2) is 0 Å². The van der Waals surface area contributed by atoms with E-state index in [1.807, 2.05) is 18.2 Å². The number of benzene rings is 1. The van der Waals surface area contributed by atoms with Crippen molar-refractivity contribution in [3.8, 4) is 0 Å². The quantitative estimate of drug-likeness (QED) is 0.714. The second-order valence-electron chi connectivity index (χ2n) is 3.53. The molecule has 0 aliphatic carbocycles. The van der Waals surface area contributed by atoms with Crippen molar-refractivity contribution in [2.24, 2.45) is 0 Å². The Morgan fingerprint density at radius 2 is 1.93 bits per heavy atom. The second kappa shape index (κ2) is 3.12. The summed E-state index contributed by atoms with van der Waals surface area (Å²) in [4.78, 5) is 0. The van der Waals surface area contributed by atoms with Crippen LogP contribution in [0.1, 0.15) is 11.9 Å². The van der Waals surface area contributed by atoms with E-state index in [0.29, 0.717) is 0 Å². The molecule has 0 saturated carbocycles. The third kappa shape index (κ3) is 1.22. The Bertz CT molecular complexity index is 410. The molecule has 0 amide bonds. The van der Waals surface area contributed by atoms with Crippen molar-refractivity contribution in [3.63, 3.8) is 0 Å². The summed E-state index contributed by atoms with van der Waals surface area (Å²) in [6.07, 6.45) is 0.183. The molecule has 1 aromatic carbocycles. The van der Waals surface area contributed by atoms with Gasteiger partial charge in [-0.3, -0.25) is 10.6 Å². The van der Waals surface area contributed by atoms with Crippen molar-refractivity contribution in [3.05, 3.63) is 36.1 Å². The predicted octanol–water partition coefficient (Wildman–Crippen LogP) is 1.62. The van der Waals surface area contributed by atoms with E-state index in [0.717, 1.165) is 29.8 Å². The molecule has 2 heterocycles. The topological polar surface area (TPSA) is 37.2 Å². The molecule has 2 N–H and O–H groups in total. The zero-order valence-electron chi connectivity index (χ0n) is 7.79. The van der Waals surface area contributed by atoms with Crippen LogP contribution in [0.25, 0.3) is 11.0 Å². The number of hydrogen-bond acceptors (Lipinski definition) is 3. The molecule has 0 radical (unpaired) electrons. The van der Waals surface area contributed by atoms with Gasteiger partial charge in [-0.05, 0) is 12.1 Å². The maximum Gasteiger partial charge on any atom is 0.136 e. The number of para-hydroxylation sites is 1. The van der Waals surface area contributed by atoms with Crippen molar-refractivity contribution < 1.29 is 4.42 Å². The van der Waals surface area contributed by atoms with Crippen LogP contribution in [0, 0.1) is 0 Å². The van der Waals surface area contributed by atoms with Crippen LogP contribution in [0.5, 0.6) is 0 Å². The highest BCUT2D eigenvalue weighted by molar-refractivity contribution is 5.77. The molecule has 1 aromatic heterocycles. The number of rotatable bonds is 1. The third-order valence-corrected chi connectivity index (χ3v) is 2.55. The van der Waals surface area contributed by atoms with Crippen molar-refractivity contribution in [1.29, 1.82) is 0 Å². The molecule has 3 heteroatoms. The molecule has 1 fully saturated rings. The van der Waals surface area contributed by atoms with Crippen molar-refractivity contribution >= 4 is 11.0 Å². The lowest BCUT2D eigenvalue weighted by Gasteiger charge is -2.05. The second-order valence-corrected chi connectivity index (χ2v) is 3.53. The van der Waals surface area contributed by atoms with Gasteiger partial charge in [0.1, 0.15) is 17.5 Å². The summed E-state index contributed by atoms with van der Waals surface area (Å²) in [7, 11) is 0. The highest BCUT2D eigenvalue weighted by atomic mass is 16.3. The molecule has 1 saturated heterocycles. The summed E-state index contributed by atoms with van der Waals surface area (Å²) in [5, 5.41) is 7.82. The van der Waals surface area contributed by atoms with Gasteiger partial charge in [0.2, 0.25) is 0 Å². The number of hydrogen-bond donors (Lipinski definition) is 2.